The number of benzene rings is 1. The molecule has 1 aromatic carbocycles. The van der Waals surface area contributed by atoms with Gasteiger partial charge in [-0.3, -0.25) is 0 Å². The van der Waals surface area contributed by atoms with E-state index in [-0.39, 0.29) is 18.1 Å². The summed E-state index contributed by atoms with van der Waals surface area (Å²) in [5.41, 5.74) is 3.64. The fraction of sp³-hybridized carbons (Fsp3) is 0.571. The molecule has 3 heteroatoms. The Labute approximate surface area is 103 Å². The van der Waals surface area contributed by atoms with Crippen molar-refractivity contribution < 1.29 is 9.84 Å². The molecular weight excluding hydrogens is 214 g/mol. The molecule has 1 saturated heterocycles. The van der Waals surface area contributed by atoms with Gasteiger partial charge in [-0.1, -0.05) is 23.8 Å². The highest BCUT2D eigenvalue weighted by Gasteiger charge is 2.45. The zero-order valence-corrected chi connectivity index (χ0v) is 10.8. The third-order valence-electron chi connectivity index (χ3n) is 3.73. The number of hydrogen-bond donors (Lipinski definition) is 2. The van der Waals surface area contributed by atoms with Crippen LogP contribution in [0.1, 0.15) is 22.7 Å². The van der Waals surface area contributed by atoms with Gasteiger partial charge >= 0.3 is 0 Å². The van der Waals surface area contributed by atoms with E-state index < -0.39 is 0 Å². The van der Waals surface area contributed by atoms with Gasteiger partial charge < -0.3 is 15.2 Å². The van der Waals surface area contributed by atoms with Gasteiger partial charge in [-0.05, 0) is 32.0 Å². The zero-order chi connectivity index (χ0) is 12.5. The maximum atomic E-state index is 9.62. The Hall–Kier alpha value is -0.900. The van der Waals surface area contributed by atoms with E-state index in [0.717, 1.165) is 0 Å². The molecule has 1 aliphatic rings. The van der Waals surface area contributed by atoms with Crippen LogP contribution in [-0.4, -0.2) is 32.0 Å². The molecule has 0 saturated carbocycles. The predicted octanol–water partition coefficient (Wildman–Crippen LogP) is 1.57. The Bertz CT molecular complexity index is 394. The summed E-state index contributed by atoms with van der Waals surface area (Å²) in [6.45, 7) is 5.63. The number of nitrogens with one attached hydrogen (secondary N) is 1. The molecule has 2 rings (SSSR count). The van der Waals surface area contributed by atoms with Gasteiger partial charge in [0.25, 0.3) is 0 Å². The van der Waals surface area contributed by atoms with E-state index in [4.69, 9.17) is 4.74 Å². The molecule has 1 aliphatic heterocycles. The van der Waals surface area contributed by atoms with E-state index in [1.165, 1.54) is 16.7 Å². The SMILES string of the molecule is CNC(c1ccc(C)cc1C)C1(CO)COC1. The molecule has 0 aliphatic carbocycles. The van der Waals surface area contributed by atoms with Gasteiger partial charge in [0.2, 0.25) is 0 Å². The van der Waals surface area contributed by atoms with Crippen molar-refractivity contribution in [1.82, 2.24) is 5.32 Å². The van der Waals surface area contributed by atoms with Crippen LogP contribution in [0.25, 0.3) is 0 Å². The van der Waals surface area contributed by atoms with Gasteiger partial charge in [0.05, 0.1) is 25.2 Å². The molecule has 2 N–H and O–H groups in total. The first-order valence-corrected chi connectivity index (χ1v) is 6.06. The lowest BCUT2D eigenvalue weighted by Crippen LogP contribution is -2.53. The van der Waals surface area contributed by atoms with Crippen molar-refractivity contribution in [2.75, 3.05) is 26.9 Å². The van der Waals surface area contributed by atoms with Crippen LogP contribution in [-0.2, 0) is 4.74 Å². The second-order valence-electron chi connectivity index (χ2n) is 5.10. The Balaban J connectivity index is 2.35. The Morgan fingerprint density at radius 2 is 2.12 bits per heavy atom. The monoisotopic (exact) mass is 235 g/mol. The molecule has 1 heterocycles. The molecular formula is C14H21NO2. The minimum absolute atomic E-state index is 0.154. The van der Waals surface area contributed by atoms with E-state index in [2.05, 4.69) is 37.4 Å². The molecule has 1 atom stereocenters. The summed E-state index contributed by atoms with van der Waals surface area (Å²) < 4.78 is 5.30. The first-order chi connectivity index (χ1) is 8.13. The number of rotatable bonds is 4. The summed E-state index contributed by atoms with van der Waals surface area (Å²) in [5.74, 6) is 0. The van der Waals surface area contributed by atoms with Crippen molar-refractivity contribution in [3.63, 3.8) is 0 Å². The number of aryl methyl sites for hydroxylation is 2. The molecule has 0 amide bonds. The lowest BCUT2D eigenvalue weighted by Gasteiger charge is -2.46. The van der Waals surface area contributed by atoms with Crippen molar-refractivity contribution in [3.05, 3.63) is 34.9 Å². The standard InChI is InChI=1S/C14H21NO2/c1-10-4-5-12(11(2)6-10)13(15-3)14(7-16)8-17-9-14/h4-6,13,15-16H,7-9H2,1-3H3. The summed E-state index contributed by atoms with van der Waals surface area (Å²) in [5, 5.41) is 13.0. The quantitative estimate of drug-likeness (QED) is 0.832. The number of aliphatic hydroxyl groups excluding tert-OH is 1. The second-order valence-corrected chi connectivity index (χ2v) is 5.10. The topological polar surface area (TPSA) is 41.5 Å². The van der Waals surface area contributed by atoms with Crippen molar-refractivity contribution in [3.8, 4) is 0 Å². The smallest absolute Gasteiger partial charge is 0.0596 e. The predicted molar refractivity (Wildman–Crippen MR) is 68.1 cm³/mol. The molecule has 0 bridgehead atoms. The third kappa shape index (κ3) is 2.10. The number of ether oxygens (including phenoxy) is 1. The van der Waals surface area contributed by atoms with Gasteiger partial charge in [0.1, 0.15) is 0 Å². The van der Waals surface area contributed by atoms with Crippen molar-refractivity contribution in [1.29, 1.82) is 0 Å². The molecule has 94 valence electrons. The van der Waals surface area contributed by atoms with E-state index >= 15 is 0 Å². The van der Waals surface area contributed by atoms with E-state index in [1.807, 2.05) is 7.05 Å². The Morgan fingerprint density at radius 1 is 1.41 bits per heavy atom. The normalized spacial score (nSPS) is 19.8. The Kier molecular flexibility index (Phi) is 3.52. The van der Waals surface area contributed by atoms with Crippen LogP contribution in [0.3, 0.4) is 0 Å². The van der Waals surface area contributed by atoms with Gasteiger partial charge in [-0.2, -0.15) is 0 Å². The van der Waals surface area contributed by atoms with Crippen molar-refractivity contribution in [2.24, 2.45) is 5.41 Å². The highest BCUT2D eigenvalue weighted by molar-refractivity contribution is 5.34. The molecule has 0 aromatic heterocycles. The summed E-state index contributed by atoms with van der Waals surface area (Å²) in [6.07, 6.45) is 0. The highest BCUT2D eigenvalue weighted by atomic mass is 16.5. The first-order valence-electron chi connectivity index (χ1n) is 6.06. The lowest BCUT2D eigenvalue weighted by atomic mass is 9.74. The van der Waals surface area contributed by atoms with E-state index in [1.54, 1.807) is 0 Å². The maximum Gasteiger partial charge on any atom is 0.0596 e. The van der Waals surface area contributed by atoms with Crippen LogP contribution >= 0.6 is 0 Å². The molecule has 17 heavy (non-hydrogen) atoms. The van der Waals surface area contributed by atoms with Gasteiger partial charge in [0, 0.05) is 6.04 Å². The fourth-order valence-corrected chi connectivity index (χ4v) is 2.65. The summed E-state index contributed by atoms with van der Waals surface area (Å²) >= 11 is 0. The summed E-state index contributed by atoms with van der Waals surface area (Å²) in [4.78, 5) is 0. The van der Waals surface area contributed by atoms with Crippen molar-refractivity contribution >= 4 is 0 Å². The van der Waals surface area contributed by atoms with Gasteiger partial charge in [0.15, 0.2) is 0 Å². The fourth-order valence-electron chi connectivity index (χ4n) is 2.65. The van der Waals surface area contributed by atoms with Crippen LogP contribution in [0.2, 0.25) is 0 Å². The summed E-state index contributed by atoms with van der Waals surface area (Å²) in [6, 6.07) is 6.62. The van der Waals surface area contributed by atoms with Crippen LogP contribution in [0.15, 0.2) is 18.2 Å². The van der Waals surface area contributed by atoms with Crippen LogP contribution in [0.4, 0.5) is 0 Å². The average molecular weight is 235 g/mol. The van der Waals surface area contributed by atoms with Crippen LogP contribution in [0, 0.1) is 19.3 Å². The summed E-state index contributed by atoms with van der Waals surface area (Å²) in [7, 11) is 1.94. The molecule has 0 radical (unpaired) electrons. The lowest BCUT2D eigenvalue weighted by molar-refractivity contribution is -0.155. The van der Waals surface area contributed by atoms with Crippen LogP contribution < -0.4 is 5.32 Å². The minimum atomic E-state index is -0.158. The maximum absolute atomic E-state index is 9.62. The molecule has 1 unspecified atom stereocenters. The minimum Gasteiger partial charge on any atom is -0.396 e. The van der Waals surface area contributed by atoms with Gasteiger partial charge in [-0.25, -0.2) is 0 Å². The molecule has 3 nitrogen and oxygen atoms in total. The molecule has 1 fully saturated rings. The molecule has 1 aromatic rings. The third-order valence-corrected chi connectivity index (χ3v) is 3.73. The zero-order valence-electron chi connectivity index (χ0n) is 10.8. The van der Waals surface area contributed by atoms with E-state index in [9.17, 15) is 5.11 Å². The second kappa shape index (κ2) is 4.77. The Morgan fingerprint density at radius 3 is 2.53 bits per heavy atom. The van der Waals surface area contributed by atoms with Gasteiger partial charge in [-0.15, -0.1) is 0 Å². The largest absolute Gasteiger partial charge is 0.396 e. The van der Waals surface area contributed by atoms with Crippen molar-refractivity contribution in [2.45, 2.75) is 19.9 Å². The highest BCUT2D eigenvalue weighted by Crippen LogP contribution is 2.41. The number of aliphatic hydroxyl groups is 1. The average Bonchev–Trinajstić information content (AvgIpc) is 2.24. The first kappa shape index (κ1) is 12.6. The van der Waals surface area contributed by atoms with E-state index in [0.29, 0.717) is 13.2 Å². The number of hydrogen-bond acceptors (Lipinski definition) is 3. The van der Waals surface area contributed by atoms with Crippen LogP contribution in [0.5, 0.6) is 0 Å². The molecule has 0 spiro atoms.